The van der Waals surface area contributed by atoms with Gasteiger partial charge in [-0.3, -0.25) is 4.84 Å². The molecule has 0 bridgehead atoms. The Kier molecular flexibility index (Phi) is 3.62. The second-order valence-electron chi connectivity index (χ2n) is 4.50. The van der Waals surface area contributed by atoms with E-state index in [-0.39, 0.29) is 5.92 Å². The molecule has 4 heteroatoms. The van der Waals surface area contributed by atoms with Crippen molar-refractivity contribution in [1.82, 2.24) is 5.06 Å². The van der Waals surface area contributed by atoms with Gasteiger partial charge in [-0.25, -0.2) is 0 Å². The van der Waals surface area contributed by atoms with E-state index < -0.39 is 5.54 Å². The highest BCUT2D eigenvalue weighted by molar-refractivity contribution is 5.27. The Balaban J connectivity index is 2.35. The summed E-state index contributed by atoms with van der Waals surface area (Å²) >= 11 is 0. The average molecular weight is 241 g/mol. The van der Waals surface area contributed by atoms with E-state index in [2.05, 4.69) is 12.1 Å². The van der Waals surface area contributed by atoms with Crippen LogP contribution in [0.1, 0.15) is 18.9 Å². The topological polar surface area (TPSA) is 60.0 Å². The number of hydroxylamine groups is 2. The summed E-state index contributed by atoms with van der Waals surface area (Å²) in [7, 11) is 0. The molecule has 1 fully saturated rings. The van der Waals surface area contributed by atoms with E-state index >= 15 is 0 Å². The van der Waals surface area contributed by atoms with Crippen LogP contribution in [0.5, 0.6) is 0 Å². The lowest BCUT2D eigenvalue weighted by Gasteiger charge is -2.34. The number of rotatable bonds is 3. The molecule has 1 aliphatic heterocycles. The zero-order valence-corrected chi connectivity index (χ0v) is 10.3. The first kappa shape index (κ1) is 12.6. The van der Waals surface area contributed by atoms with Crippen LogP contribution < -0.4 is 0 Å². The van der Waals surface area contributed by atoms with E-state index in [1.807, 2.05) is 37.3 Å². The van der Waals surface area contributed by atoms with Gasteiger partial charge in [-0.15, -0.1) is 0 Å². The number of hydrogen-bond donors (Lipinski definition) is 0. The first-order valence-corrected chi connectivity index (χ1v) is 5.96. The summed E-state index contributed by atoms with van der Waals surface area (Å²) in [4.78, 5) is 5.59. The van der Waals surface area contributed by atoms with Crippen LogP contribution in [-0.2, 0) is 10.4 Å². The van der Waals surface area contributed by atoms with Gasteiger partial charge in [-0.1, -0.05) is 30.3 Å². The molecule has 2 rings (SSSR count). The lowest BCUT2D eigenvalue weighted by atomic mass is 9.81. The van der Waals surface area contributed by atoms with Crippen molar-refractivity contribution in [2.45, 2.75) is 18.9 Å². The van der Waals surface area contributed by atoms with Crippen molar-refractivity contribution < 1.29 is 4.84 Å². The van der Waals surface area contributed by atoms with Crippen LogP contribution in [0.25, 0.3) is 0 Å². The van der Waals surface area contributed by atoms with Gasteiger partial charge in [0, 0.05) is 6.54 Å². The third-order valence-electron chi connectivity index (χ3n) is 3.53. The summed E-state index contributed by atoms with van der Waals surface area (Å²) in [5, 5.41) is 19.8. The molecule has 4 nitrogen and oxygen atoms in total. The fourth-order valence-corrected chi connectivity index (χ4v) is 2.37. The minimum absolute atomic E-state index is 0.224. The summed E-state index contributed by atoms with van der Waals surface area (Å²) in [6, 6.07) is 14.3. The van der Waals surface area contributed by atoms with Crippen LogP contribution in [0, 0.1) is 28.6 Å². The molecule has 1 heterocycles. The van der Waals surface area contributed by atoms with E-state index in [1.54, 1.807) is 5.06 Å². The Morgan fingerprint density at radius 3 is 2.72 bits per heavy atom. The Bertz CT molecular complexity index is 488. The first-order chi connectivity index (χ1) is 8.73. The standard InChI is InChI=1S/C14H15N3O/c1-14(12-6-3-2-4-7-12)13(10-16)11-18-17(14)9-5-8-15/h2-4,6-7,13H,5,9,11H2,1H3/t13-,14-/m1/s1. The highest BCUT2D eigenvalue weighted by Crippen LogP contribution is 2.41. The largest absolute Gasteiger partial charge is 0.297 e. The zero-order valence-electron chi connectivity index (χ0n) is 10.3. The molecule has 0 aliphatic carbocycles. The molecule has 1 saturated heterocycles. The summed E-state index contributed by atoms with van der Waals surface area (Å²) in [5.41, 5.74) is 0.569. The molecular formula is C14H15N3O. The monoisotopic (exact) mass is 241 g/mol. The van der Waals surface area contributed by atoms with Crippen molar-refractivity contribution >= 4 is 0 Å². The molecule has 92 valence electrons. The Labute approximate surface area is 107 Å². The van der Waals surface area contributed by atoms with Crippen LogP contribution in [0.3, 0.4) is 0 Å². The number of hydrogen-bond acceptors (Lipinski definition) is 4. The van der Waals surface area contributed by atoms with Crippen LogP contribution >= 0.6 is 0 Å². The highest BCUT2D eigenvalue weighted by Gasteiger charge is 2.47. The van der Waals surface area contributed by atoms with E-state index in [1.165, 1.54) is 0 Å². The lowest BCUT2D eigenvalue weighted by molar-refractivity contribution is -0.161. The van der Waals surface area contributed by atoms with Crippen molar-refractivity contribution in [3.05, 3.63) is 35.9 Å². The molecule has 0 radical (unpaired) electrons. The number of nitrogens with zero attached hydrogens (tertiary/aromatic N) is 3. The highest BCUT2D eigenvalue weighted by atomic mass is 16.7. The maximum Gasteiger partial charge on any atom is 0.0962 e. The summed E-state index contributed by atoms with van der Waals surface area (Å²) in [5.74, 6) is -0.224. The normalized spacial score (nSPS) is 27.6. The van der Waals surface area contributed by atoms with Gasteiger partial charge in [-0.05, 0) is 12.5 Å². The molecule has 2 atom stereocenters. The van der Waals surface area contributed by atoms with Gasteiger partial charge < -0.3 is 0 Å². The molecule has 0 amide bonds. The molecule has 0 N–H and O–H groups in total. The van der Waals surface area contributed by atoms with Crippen LogP contribution in [-0.4, -0.2) is 18.2 Å². The van der Waals surface area contributed by atoms with Gasteiger partial charge in [-0.2, -0.15) is 15.6 Å². The van der Waals surface area contributed by atoms with Gasteiger partial charge in [0.25, 0.3) is 0 Å². The predicted molar refractivity (Wildman–Crippen MR) is 65.8 cm³/mol. The van der Waals surface area contributed by atoms with E-state index in [0.717, 1.165) is 5.56 Å². The molecular weight excluding hydrogens is 226 g/mol. The third-order valence-corrected chi connectivity index (χ3v) is 3.53. The Morgan fingerprint density at radius 2 is 2.11 bits per heavy atom. The lowest BCUT2D eigenvalue weighted by Crippen LogP contribution is -2.42. The summed E-state index contributed by atoms with van der Waals surface area (Å²) < 4.78 is 0. The van der Waals surface area contributed by atoms with Crippen LogP contribution in [0.2, 0.25) is 0 Å². The number of benzene rings is 1. The third kappa shape index (κ3) is 1.97. The fraction of sp³-hybridized carbons (Fsp3) is 0.429. The van der Waals surface area contributed by atoms with Crippen LogP contribution in [0.4, 0.5) is 0 Å². The quantitative estimate of drug-likeness (QED) is 0.814. The van der Waals surface area contributed by atoms with E-state index in [0.29, 0.717) is 19.6 Å². The van der Waals surface area contributed by atoms with Gasteiger partial charge in [0.1, 0.15) is 0 Å². The maximum absolute atomic E-state index is 9.28. The molecule has 18 heavy (non-hydrogen) atoms. The summed E-state index contributed by atoms with van der Waals surface area (Å²) in [6.07, 6.45) is 0.389. The molecule has 1 aliphatic rings. The molecule has 0 unspecified atom stereocenters. The summed E-state index contributed by atoms with van der Waals surface area (Å²) in [6.45, 7) is 2.90. The zero-order chi connectivity index (χ0) is 13.0. The first-order valence-electron chi connectivity index (χ1n) is 5.96. The van der Waals surface area contributed by atoms with Crippen molar-refractivity contribution in [2.24, 2.45) is 5.92 Å². The van der Waals surface area contributed by atoms with Crippen molar-refractivity contribution in [2.75, 3.05) is 13.2 Å². The molecule has 1 aromatic carbocycles. The molecule has 0 spiro atoms. The van der Waals surface area contributed by atoms with Crippen LogP contribution in [0.15, 0.2) is 30.3 Å². The van der Waals surface area contributed by atoms with Gasteiger partial charge in [0.05, 0.1) is 36.6 Å². The maximum atomic E-state index is 9.28. The molecule has 0 aromatic heterocycles. The Morgan fingerprint density at radius 1 is 1.39 bits per heavy atom. The number of nitriles is 2. The van der Waals surface area contributed by atoms with Crippen molar-refractivity contribution in [3.63, 3.8) is 0 Å². The smallest absolute Gasteiger partial charge is 0.0962 e. The van der Waals surface area contributed by atoms with E-state index in [4.69, 9.17) is 10.1 Å². The van der Waals surface area contributed by atoms with Gasteiger partial charge in [0.2, 0.25) is 0 Å². The van der Waals surface area contributed by atoms with Crippen molar-refractivity contribution in [1.29, 1.82) is 10.5 Å². The molecule has 0 saturated carbocycles. The average Bonchev–Trinajstić information content (AvgIpc) is 2.75. The van der Waals surface area contributed by atoms with Gasteiger partial charge >= 0.3 is 0 Å². The fourth-order valence-electron chi connectivity index (χ4n) is 2.37. The predicted octanol–water partition coefficient (Wildman–Crippen LogP) is 2.20. The van der Waals surface area contributed by atoms with Gasteiger partial charge in [0.15, 0.2) is 0 Å². The minimum Gasteiger partial charge on any atom is -0.297 e. The minimum atomic E-state index is -0.479. The second kappa shape index (κ2) is 5.18. The second-order valence-corrected chi connectivity index (χ2v) is 4.50. The van der Waals surface area contributed by atoms with Crippen molar-refractivity contribution in [3.8, 4) is 12.1 Å². The molecule has 1 aromatic rings. The van der Waals surface area contributed by atoms with E-state index in [9.17, 15) is 5.26 Å². The Hall–Kier alpha value is -1.88. The SMILES string of the molecule is C[C@@]1(c2ccccc2)[C@H](C#N)CON1CCC#N.